The van der Waals surface area contributed by atoms with E-state index >= 15 is 0 Å². The number of fused-ring (bicyclic) bond motifs is 5. The summed E-state index contributed by atoms with van der Waals surface area (Å²) in [4.78, 5) is 0. The van der Waals surface area contributed by atoms with Crippen LogP contribution in [-0.4, -0.2) is 35.0 Å². The molecule has 3 nitrogen and oxygen atoms in total. The lowest BCUT2D eigenvalue weighted by molar-refractivity contribution is 0.0571. The number of hydrogen-bond acceptors (Lipinski definition) is 3. The molecule has 166 valence electrons. The number of piperidine rings is 1. The zero-order chi connectivity index (χ0) is 21.2. The first-order chi connectivity index (χ1) is 14.3. The zero-order valence-corrected chi connectivity index (χ0v) is 19.3. The third-order valence-corrected chi connectivity index (χ3v) is 9.78. The molecule has 30 heavy (non-hydrogen) atoms. The molecule has 0 bridgehead atoms. The van der Waals surface area contributed by atoms with Gasteiger partial charge in [0.1, 0.15) is 0 Å². The summed E-state index contributed by atoms with van der Waals surface area (Å²) in [6.45, 7) is 10.4. The Morgan fingerprint density at radius 1 is 1.23 bits per heavy atom. The van der Waals surface area contributed by atoms with Gasteiger partial charge in [0.05, 0.1) is 12.2 Å². The molecule has 3 heteroatoms. The minimum absolute atomic E-state index is 0.136. The highest BCUT2D eigenvalue weighted by atomic mass is 16.3. The largest absolute Gasteiger partial charge is 0.393 e. The van der Waals surface area contributed by atoms with Crippen LogP contribution < -0.4 is 5.32 Å². The summed E-state index contributed by atoms with van der Waals surface area (Å²) in [6, 6.07) is 0.192. The van der Waals surface area contributed by atoms with Gasteiger partial charge in [-0.1, -0.05) is 44.1 Å². The number of nitrogens with one attached hydrogen (secondary N) is 1. The van der Waals surface area contributed by atoms with Crippen LogP contribution in [0.3, 0.4) is 0 Å². The van der Waals surface area contributed by atoms with Gasteiger partial charge in [0.25, 0.3) is 0 Å². The van der Waals surface area contributed by atoms with Gasteiger partial charge in [-0.2, -0.15) is 0 Å². The van der Waals surface area contributed by atoms with Crippen LogP contribution in [0.4, 0.5) is 0 Å². The quantitative estimate of drug-likeness (QED) is 0.574. The smallest absolute Gasteiger partial charge is 0.0702 e. The van der Waals surface area contributed by atoms with Crippen LogP contribution >= 0.6 is 0 Å². The number of aliphatic hydroxyl groups is 2. The summed E-state index contributed by atoms with van der Waals surface area (Å²) < 4.78 is 0. The molecule has 0 radical (unpaired) electrons. The normalized spacial score (nSPS) is 47.1. The maximum atomic E-state index is 10.7. The van der Waals surface area contributed by atoms with Crippen molar-refractivity contribution in [1.82, 2.24) is 5.32 Å². The van der Waals surface area contributed by atoms with Gasteiger partial charge in [0.15, 0.2) is 0 Å². The minimum Gasteiger partial charge on any atom is -0.393 e. The number of aliphatic hydroxyl groups excluding tert-OH is 2. The Balaban J connectivity index is 1.43. The molecule has 5 aliphatic rings. The summed E-state index contributed by atoms with van der Waals surface area (Å²) in [5, 5.41) is 24.6. The summed E-state index contributed by atoms with van der Waals surface area (Å²) in [6.07, 6.45) is 12.3. The van der Waals surface area contributed by atoms with Crippen molar-refractivity contribution >= 4 is 0 Å². The van der Waals surface area contributed by atoms with Crippen LogP contribution in [0.15, 0.2) is 34.4 Å². The number of rotatable bonds is 2. The first-order valence-electron chi connectivity index (χ1n) is 12.5. The van der Waals surface area contributed by atoms with Gasteiger partial charge in [0.2, 0.25) is 0 Å². The van der Waals surface area contributed by atoms with E-state index in [1.807, 2.05) is 0 Å². The van der Waals surface area contributed by atoms with Crippen molar-refractivity contribution in [3.05, 3.63) is 34.4 Å². The Morgan fingerprint density at radius 2 is 2.03 bits per heavy atom. The van der Waals surface area contributed by atoms with E-state index < -0.39 is 0 Å². The Hall–Kier alpha value is -0.900. The molecule has 9 atom stereocenters. The van der Waals surface area contributed by atoms with E-state index in [1.165, 1.54) is 30.4 Å². The van der Waals surface area contributed by atoms with Crippen molar-refractivity contribution in [3.63, 3.8) is 0 Å². The molecular weight excluding hydrogens is 370 g/mol. The van der Waals surface area contributed by atoms with Crippen LogP contribution in [0.25, 0.3) is 0 Å². The molecule has 0 aromatic heterocycles. The SMILES string of the molecule is CC1=C([C@H](C)[C@@H]2NC[C@@H](C)C[C@H]2O)CC[C@@H]2C1=C[C@H]1[C@@H]2CC=C2C[C@@H](O)CC[C@@]21C. The van der Waals surface area contributed by atoms with Gasteiger partial charge >= 0.3 is 0 Å². The number of allylic oxidation sites excluding steroid dienone is 4. The molecule has 1 aliphatic heterocycles. The highest BCUT2D eigenvalue weighted by Gasteiger charge is 2.52. The summed E-state index contributed by atoms with van der Waals surface area (Å²) in [5.41, 5.74) is 6.51. The van der Waals surface area contributed by atoms with Crippen molar-refractivity contribution in [2.24, 2.45) is 35.0 Å². The van der Waals surface area contributed by atoms with Gasteiger partial charge in [-0.3, -0.25) is 0 Å². The van der Waals surface area contributed by atoms with Gasteiger partial charge < -0.3 is 15.5 Å². The molecule has 0 unspecified atom stereocenters. The van der Waals surface area contributed by atoms with E-state index in [2.05, 4.69) is 45.2 Å². The van der Waals surface area contributed by atoms with E-state index in [-0.39, 0.29) is 23.7 Å². The van der Waals surface area contributed by atoms with Gasteiger partial charge in [-0.05, 0) is 105 Å². The van der Waals surface area contributed by atoms with E-state index in [1.54, 1.807) is 11.1 Å². The van der Waals surface area contributed by atoms with Crippen LogP contribution in [0.1, 0.15) is 72.6 Å². The zero-order valence-electron chi connectivity index (χ0n) is 19.3. The van der Waals surface area contributed by atoms with Crippen molar-refractivity contribution < 1.29 is 10.2 Å². The Morgan fingerprint density at radius 3 is 2.80 bits per heavy atom. The molecule has 4 aliphatic carbocycles. The molecule has 3 N–H and O–H groups in total. The van der Waals surface area contributed by atoms with Crippen molar-refractivity contribution in [2.75, 3.05) is 6.54 Å². The fourth-order valence-corrected chi connectivity index (χ4v) is 7.95. The van der Waals surface area contributed by atoms with Crippen LogP contribution in [-0.2, 0) is 0 Å². The molecule has 2 fully saturated rings. The predicted molar refractivity (Wildman–Crippen MR) is 122 cm³/mol. The van der Waals surface area contributed by atoms with E-state index in [4.69, 9.17) is 0 Å². The van der Waals surface area contributed by atoms with E-state index in [9.17, 15) is 10.2 Å². The average molecular weight is 412 g/mol. The molecule has 1 saturated heterocycles. The third kappa shape index (κ3) is 3.19. The molecule has 5 rings (SSSR count). The topological polar surface area (TPSA) is 52.5 Å². The monoisotopic (exact) mass is 411 g/mol. The lowest BCUT2D eigenvalue weighted by Crippen LogP contribution is -2.52. The van der Waals surface area contributed by atoms with Gasteiger partial charge in [-0.15, -0.1) is 0 Å². The second-order valence-corrected chi connectivity index (χ2v) is 11.5. The molecule has 0 aromatic carbocycles. The fourth-order valence-electron chi connectivity index (χ4n) is 7.95. The second kappa shape index (κ2) is 7.60. The standard InChI is InChI=1S/C27H41NO2/c1-15-11-25(30)26(28-14-15)17(3)20-7-8-21-22-6-5-18-12-19(29)9-10-27(18,4)24(22)13-23(21)16(20)2/h5,13,15,17,19,21-22,24-26,28-30H,6-12,14H2,1-4H3/t15-,17-,19-,21-,22+,24-,25+,26-,27-/m0/s1. The van der Waals surface area contributed by atoms with Gasteiger partial charge in [0, 0.05) is 6.04 Å². The molecule has 0 spiro atoms. The van der Waals surface area contributed by atoms with Crippen LogP contribution in [0.5, 0.6) is 0 Å². The van der Waals surface area contributed by atoms with Crippen molar-refractivity contribution in [2.45, 2.75) is 90.9 Å². The maximum Gasteiger partial charge on any atom is 0.0702 e. The molecule has 0 aromatic rings. The highest BCUT2D eigenvalue weighted by Crippen LogP contribution is 2.61. The fraction of sp³-hybridized carbons (Fsp3) is 0.778. The lowest BCUT2D eigenvalue weighted by Gasteiger charge is -2.49. The summed E-state index contributed by atoms with van der Waals surface area (Å²) in [7, 11) is 0. The Bertz CT molecular complexity index is 795. The minimum atomic E-state index is -0.235. The Labute approximate surface area is 182 Å². The lowest BCUT2D eigenvalue weighted by atomic mass is 9.56. The summed E-state index contributed by atoms with van der Waals surface area (Å²) >= 11 is 0. The number of hydrogen-bond donors (Lipinski definition) is 3. The van der Waals surface area contributed by atoms with Crippen molar-refractivity contribution in [1.29, 1.82) is 0 Å². The first kappa shape index (κ1) is 21.0. The highest BCUT2D eigenvalue weighted by molar-refractivity contribution is 5.46. The third-order valence-electron chi connectivity index (χ3n) is 9.78. The van der Waals surface area contributed by atoms with Crippen molar-refractivity contribution in [3.8, 4) is 0 Å². The Kier molecular flexibility index (Phi) is 5.31. The summed E-state index contributed by atoms with van der Waals surface area (Å²) in [5.74, 6) is 3.04. The maximum absolute atomic E-state index is 10.7. The molecule has 1 heterocycles. The first-order valence-corrected chi connectivity index (χ1v) is 12.5. The van der Waals surface area contributed by atoms with Crippen LogP contribution in [0, 0.1) is 35.0 Å². The second-order valence-electron chi connectivity index (χ2n) is 11.5. The van der Waals surface area contributed by atoms with Gasteiger partial charge in [-0.25, -0.2) is 0 Å². The molecule has 0 amide bonds. The van der Waals surface area contributed by atoms with E-state index in [0.717, 1.165) is 38.1 Å². The molecular formula is C27H41NO2. The molecule has 1 saturated carbocycles. The predicted octanol–water partition coefficient (Wildman–Crippen LogP) is 4.76. The van der Waals surface area contributed by atoms with E-state index in [0.29, 0.717) is 23.7 Å². The van der Waals surface area contributed by atoms with Crippen LogP contribution in [0.2, 0.25) is 0 Å². The average Bonchev–Trinajstić information content (AvgIpc) is 3.09.